The minimum Gasteiger partial charge on any atom is -0.312 e. The van der Waals surface area contributed by atoms with Crippen molar-refractivity contribution in [2.75, 3.05) is 40.8 Å². The van der Waals surface area contributed by atoms with Gasteiger partial charge in [-0.2, -0.15) is 0 Å². The highest BCUT2D eigenvalue weighted by atomic mass is 15.2. The molecule has 0 bridgehead atoms. The summed E-state index contributed by atoms with van der Waals surface area (Å²) in [4.78, 5) is 5.07. The molecule has 3 nitrogen and oxygen atoms in total. The topological polar surface area (TPSA) is 18.5 Å². The van der Waals surface area contributed by atoms with Gasteiger partial charge in [0.1, 0.15) is 0 Å². The van der Waals surface area contributed by atoms with Gasteiger partial charge in [0.05, 0.1) is 0 Å². The molecule has 116 valence electrons. The highest BCUT2D eigenvalue weighted by molar-refractivity contribution is 5.33. The fourth-order valence-electron chi connectivity index (χ4n) is 4.28. The van der Waals surface area contributed by atoms with E-state index in [0.717, 1.165) is 5.92 Å². The van der Waals surface area contributed by atoms with E-state index in [4.69, 9.17) is 0 Å². The number of aryl methyl sites for hydroxylation is 1. The fourth-order valence-corrected chi connectivity index (χ4v) is 4.28. The number of likely N-dealkylation sites (tertiary alicyclic amines) is 1. The second-order valence-electron chi connectivity index (χ2n) is 6.93. The summed E-state index contributed by atoms with van der Waals surface area (Å²) in [5, 5.41) is 3.57. The largest absolute Gasteiger partial charge is 0.312 e. The van der Waals surface area contributed by atoms with Crippen molar-refractivity contribution in [1.29, 1.82) is 0 Å². The number of likely N-dealkylation sites (N-methyl/N-ethyl adjacent to an activating group) is 2. The van der Waals surface area contributed by atoms with E-state index in [0.29, 0.717) is 12.1 Å². The Morgan fingerprint density at radius 2 is 2.10 bits per heavy atom. The number of nitrogens with one attached hydrogen (secondary N) is 1. The standard InChI is InChI=1S/C18H29N3/c1-19-18-16-7-5-4-6-15(16)8-9-17(18)21(3)13-14-10-11-20(2)12-14/h4-7,14,17-19H,8-13H2,1-3H3. The molecule has 1 saturated heterocycles. The molecule has 21 heavy (non-hydrogen) atoms. The maximum Gasteiger partial charge on any atom is 0.0478 e. The Bertz CT molecular complexity index is 473. The summed E-state index contributed by atoms with van der Waals surface area (Å²) in [6, 6.07) is 10.0. The van der Waals surface area contributed by atoms with Gasteiger partial charge in [-0.3, -0.25) is 0 Å². The van der Waals surface area contributed by atoms with Crippen LogP contribution in [0.15, 0.2) is 24.3 Å². The van der Waals surface area contributed by atoms with Crippen LogP contribution in [0.5, 0.6) is 0 Å². The van der Waals surface area contributed by atoms with Gasteiger partial charge in [0.2, 0.25) is 0 Å². The molecule has 1 aliphatic carbocycles. The average molecular weight is 287 g/mol. The Morgan fingerprint density at radius 1 is 1.29 bits per heavy atom. The van der Waals surface area contributed by atoms with E-state index >= 15 is 0 Å². The molecule has 1 heterocycles. The van der Waals surface area contributed by atoms with Crippen LogP contribution in [0.25, 0.3) is 0 Å². The zero-order valence-corrected chi connectivity index (χ0v) is 13.7. The van der Waals surface area contributed by atoms with Gasteiger partial charge in [-0.1, -0.05) is 24.3 Å². The summed E-state index contributed by atoms with van der Waals surface area (Å²) in [5.74, 6) is 0.842. The molecule has 1 N–H and O–H groups in total. The lowest BCUT2D eigenvalue weighted by atomic mass is 9.83. The molecule has 1 fully saturated rings. The number of benzene rings is 1. The fraction of sp³-hybridized carbons (Fsp3) is 0.667. The van der Waals surface area contributed by atoms with Gasteiger partial charge in [-0.05, 0) is 64.0 Å². The first-order valence-corrected chi connectivity index (χ1v) is 8.33. The van der Waals surface area contributed by atoms with E-state index in [1.54, 1.807) is 0 Å². The molecule has 3 heteroatoms. The molecule has 3 unspecified atom stereocenters. The van der Waals surface area contributed by atoms with Crippen molar-refractivity contribution in [3.05, 3.63) is 35.4 Å². The third-order valence-electron chi connectivity index (χ3n) is 5.40. The first-order valence-electron chi connectivity index (χ1n) is 8.33. The van der Waals surface area contributed by atoms with Gasteiger partial charge in [0, 0.05) is 25.2 Å². The molecule has 1 aromatic carbocycles. The van der Waals surface area contributed by atoms with Crippen LogP contribution >= 0.6 is 0 Å². The Hall–Kier alpha value is -0.900. The second kappa shape index (κ2) is 6.47. The molecule has 0 aromatic heterocycles. The van der Waals surface area contributed by atoms with Crippen LogP contribution in [0.3, 0.4) is 0 Å². The molecule has 0 radical (unpaired) electrons. The van der Waals surface area contributed by atoms with Crippen LogP contribution < -0.4 is 5.32 Å². The number of rotatable bonds is 4. The minimum absolute atomic E-state index is 0.471. The molecule has 1 aromatic rings. The third kappa shape index (κ3) is 3.15. The van der Waals surface area contributed by atoms with E-state index in [1.807, 2.05) is 0 Å². The van der Waals surface area contributed by atoms with Gasteiger partial charge in [0.25, 0.3) is 0 Å². The van der Waals surface area contributed by atoms with Crippen LogP contribution in [0.2, 0.25) is 0 Å². The van der Waals surface area contributed by atoms with Crippen LogP contribution in [-0.2, 0) is 6.42 Å². The highest BCUT2D eigenvalue weighted by Gasteiger charge is 2.32. The maximum absolute atomic E-state index is 3.57. The number of hydrogen-bond acceptors (Lipinski definition) is 3. The van der Waals surface area contributed by atoms with E-state index in [2.05, 4.69) is 60.5 Å². The Labute approximate surface area is 129 Å². The van der Waals surface area contributed by atoms with Crippen molar-refractivity contribution in [3.63, 3.8) is 0 Å². The Morgan fingerprint density at radius 3 is 2.81 bits per heavy atom. The van der Waals surface area contributed by atoms with Gasteiger partial charge >= 0.3 is 0 Å². The number of hydrogen-bond donors (Lipinski definition) is 1. The summed E-state index contributed by atoms with van der Waals surface area (Å²) in [6.07, 6.45) is 3.84. The minimum atomic E-state index is 0.471. The van der Waals surface area contributed by atoms with Gasteiger partial charge in [-0.25, -0.2) is 0 Å². The summed E-state index contributed by atoms with van der Waals surface area (Å²) < 4.78 is 0. The Balaban J connectivity index is 1.70. The van der Waals surface area contributed by atoms with Crippen molar-refractivity contribution in [1.82, 2.24) is 15.1 Å². The number of fused-ring (bicyclic) bond motifs is 1. The molecule has 0 amide bonds. The van der Waals surface area contributed by atoms with Crippen LogP contribution in [0.4, 0.5) is 0 Å². The molecule has 1 aliphatic heterocycles. The van der Waals surface area contributed by atoms with Crippen molar-refractivity contribution < 1.29 is 0 Å². The maximum atomic E-state index is 3.57. The van der Waals surface area contributed by atoms with Crippen LogP contribution in [-0.4, -0.2) is 56.6 Å². The van der Waals surface area contributed by atoms with Crippen molar-refractivity contribution in [3.8, 4) is 0 Å². The SMILES string of the molecule is CNC1c2ccccc2CCC1N(C)CC1CCN(C)C1. The molecular weight excluding hydrogens is 258 g/mol. The van der Waals surface area contributed by atoms with E-state index in [9.17, 15) is 0 Å². The average Bonchev–Trinajstić information content (AvgIpc) is 2.91. The molecular formula is C18H29N3. The molecule has 2 aliphatic rings. The normalized spacial score (nSPS) is 29.8. The van der Waals surface area contributed by atoms with Gasteiger partial charge < -0.3 is 15.1 Å². The Kier molecular flexibility index (Phi) is 4.63. The van der Waals surface area contributed by atoms with E-state index < -0.39 is 0 Å². The molecule has 0 saturated carbocycles. The monoisotopic (exact) mass is 287 g/mol. The predicted octanol–water partition coefficient (Wildman–Crippen LogP) is 2.15. The number of nitrogens with zero attached hydrogens (tertiary/aromatic N) is 2. The van der Waals surface area contributed by atoms with Crippen LogP contribution in [0.1, 0.15) is 30.0 Å². The summed E-state index contributed by atoms with van der Waals surface area (Å²) in [6.45, 7) is 3.76. The molecule has 0 spiro atoms. The first kappa shape index (κ1) is 15.0. The second-order valence-corrected chi connectivity index (χ2v) is 6.93. The lowest BCUT2D eigenvalue weighted by molar-refractivity contribution is 0.154. The lowest BCUT2D eigenvalue weighted by Gasteiger charge is -2.40. The van der Waals surface area contributed by atoms with Crippen molar-refractivity contribution >= 4 is 0 Å². The van der Waals surface area contributed by atoms with Crippen molar-refractivity contribution in [2.24, 2.45) is 5.92 Å². The van der Waals surface area contributed by atoms with Crippen LogP contribution in [0, 0.1) is 5.92 Å². The van der Waals surface area contributed by atoms with E-state index in [-0.39, 0.29) is 0 Å². The summed E-state index contributed by atoms with van der Waals surface area (Å²) in [5.41, 5.74) is 3.04. The summed E-state index contributed by atoms with van der Waals surface area (Å²) in [7, 11) is 6.67. The highest BCUT2D eigenvalue weighted by Crippen LogP contribution is 2.33. The zero-order chi connectivity index (χ0) is 14.8. The predicted molar refractivity (Wildman–Crippen MR) is 88.6 cm³/mol. The lowest BCUT2D eigenvalue weighted by Crippen LogP contribution is -2.46. The molecule has 3 atom stereocenters. The third-order valence-corrected chi connectivity index (χ3v) is 5.40. The molecule has 3 rings (SSSR count). The quantitative estimate of drug-likeness (QED) is 0.915. The summed E-state index contributed by atoms with van der Waals surface area (Å²) >= 11 is 0. The van der Waals surface area contributed by atoms with Crippen molar-refractivity contribution in [2.45, 2.75) is 31.3 Å². The zero-order valence-electron chi connectivity index (χ0n) is 13.7. The smallest absolute Gasteiger partial charge is 0.0478 e. The van der Waals surface area contributed by atoms with E-state index in [1.165, 1.54) is 50.0 Å². The van der Waals surface area contributed by atoms with Gasteiger partial charge in [0.15, 0.2) is 0 Å². The van der Waals surface area contributed by atoms with Gasteiger partial charge in [-0.15, -0.1) is 0 Å². The first-order chi connectivity index (χ1) is 10.2.